The monoisotopic (exact) mass is 677 g/mol. The predicted molar refractivity (Wildman–Crippen MR) is 220 cm³/mol. The molecule has 3 nitrogen and oxygen atoms in total. The summed E-state index contributed by atoms with van der Waals surface area (Å²) in [5.74, 6) is 0.702. The highest BCUT2D eigenvalue weighted by atomic mass is 14.9. The van der Waals surface area contributed by atoms with E-state index in [1.165, 1.54) is 49.5 Å². The van der Waals surface area contributed by atoms with Crippen LogP contribution in [0.4, 0.5) is 0 Å². The van der Waals surface area contributed by atoms with Crippen LogP contribution in [0.2, 0.25) is 0 Å². The molecule has 0 saturated heterocycles. The van der Waals surface area contributed by atoms with Crippen LogP contribution in [0.25, 0.3) is 88.8 Å². The van der Waals surface area contributed by atoms with Crippen LogP contribution in [0.15, 0.2) is 176 Å². The van der Waals surface area contributed by atoms with Gasteiger partial charge in [-0.05, 0) is 84.8 Å². The van der Waals surface area contributed by atoms with Crippen molar-refractivity contribution in [2.75, 3.05) is 0 Å². The van der Waals surface area contributed by atoms with Crippen LogP contribution < -0.4 is 0 Å². The SMILES string of the molecule is CC1(C)c2c(cccc2-c2ccc(-c3nc(-c4ccccc4)cc(-c4cccc(-c5cccnc5)c4)n3)c3ccccc23)-c2ccc3ccccc3c21. The van der Waals surface area contributed by atoms with E-state index < -0.39 is 0 Å². The van der Waals surface area contributed by atoms with Gasteiger partial charge in [0.2, 0.25) is 0 Å². The van der Waals surface area contributed by atoms with E-state index in [0.717, 1.165) is 44.6 Å². The molecule has 0 radical (unpaired) electrons. The van der Waals surface area contributed by atoms with Gasteiger partial charge in [0.05, 0.1) is 11.4 Å². The van der Waals surface area contributed by atoms with Crippen molar-refractivity contribution in [3.05, 3.63) is 187 Å². The number of nitrogens with zero attached hydrogens (tertiary/aromatic N) is 3. The summed E-state index contributed by atoms with van der Waals surface area (Å²) >= 11 is 0. The molecule has 2 heterocycles. The Morgan fingerprint density at radius 3 is 1.77 bits per heavy atom. The van der Waals surface area contributed by atoms with Gasteiger partial charge in [-0.1, -0.05) is 153 Å². The molecule has 0 N–H and O–H groups in total. The molecule has 1 aliphatic carbocycles. The lowest BCUT2D eigenvalue weighted by atomic mass is 9.77. The second-order valence-electron chi connectivity index (χ2n) is 14.4. The highest BCUT2D eigenvalue weighted by molar-refractivity contribution is 6.07. The van der Waals surface area contributed by atoms with Crippen molar-refractivity contribution in [1.29, 1.82) is 0 Å². The molecule has 3 heteroatoms. The third kappa shape index (κ3) is 5.08. The fourth-order valence-corrected chi connectivity index (χ4v) is 8.56. The summed E-state index contributed by atoms with van der Waals surface area (Å²) in [6.45, 7) is 4.77. The molecule has 0 unspecified atom stereocenters. The normalized spacial score (nSPS) is 12.9. The molecule has 9 aromatic rings. The zero-order valence-corrected chi connectivity index (χ0v) is 29.6. The maximum atomic E-state index is 5.30. The fraction of sp³-hybridized carbons (Fsp3) is 0.0600. The Kier molecular flexibility index (Phi) is 7.16. The number of hydrogen-bond donors (Lipinski definition) is 0. The van der Waals surface area contributed by atoms with Crippen molar-refractivity contribution in [3.63, 3.8) is 0 Å². The lowest BCUT2D eigenvalue weighted by molar-refractivity contribution is 0.668. The average molecular weight is 678 g/mol. The summed E-state index contributed by atoms with van der Waals surface area (Å²) in [4.78, 5) is 14.9. The Balaban J connectivity index is 1.16. The van der Waals surface area contributed by atoms with E-state index in [-0.39, 0.29) is 5.41 Å². The molecule has 1 aliphatic rings. The Morgan fingerprint density at radius 1 is 0.396 bits per heavy atom. The molecule has 7 aromatic carbocycles. The average Bonchev–Trinajstić information content (AvgIpc) is 3.47. The third-order valence-corrected chi connectivity index (χ3v) is 10.9. The molecule has 250 valence electrons. The van der Waals surface area contributed by atoms with Gasteiger partial charge in [0, 0.05) is 40.1 Å². The van der Waals surface area contributed by atoms with Gasteiger partial charge >= 0.3 is 0 Å². The van der Waals surface area contributed by atoms with Crippen molar-refractivity contribution in [3.8, 4) is 67.3 Å². The van der Waals surface area contributed by atoms with Crippen LogP contribution in [0, 0.1) is 0 Å². The van der Waals surface area contributed by atoms with E-state index in [4.69, 9.17) is 9.97 Å². The topological polar surface area (TPSA) is 38.7 Å². The highest BCUT2D eigenvalue weighted by Crippen LogP contribution is 2.55. The van der Waals surface area contributed by atoms with E-state index in [1.807, 2.05) is 18.3 Å². The molecule has 0 aliphatic heterocycles. The Labute approximate surface area is 309 Å². The van der Waals surface area contributed by atoms with E-state index in [9.17, 15) is 0 Å². The molecular weight excluding hydrogens is 643 g/mol. The lowest BCUT2D eigenvalue weighted by Gasteiger charge is -2.26. The smallest absolute Gasteiger partial charge is 0.161 e. The van der Waals surface area contributed by atoms with Crippen molar-refractivity contribution >= 4 is 21.5 Å². The molecule has 0 spiro atoms. The fourth-order valence-electron chi connectivity index (χ4n) is 8.56. The van der Waals surface area contributed by atoms with Gasteiger partial charge in [0.15, 0.2) is 5.82 Å². The van der Waals surface area contributed by atoms with Gasteiger partial charge in [0.1, 0.15) is 0 Å². The van der Waals surface area contributed by atoms with E-state index in [1.54, 1.807) is 6.20 Å². The molecule has 2 aromatic heterocycles. The van der Waals surface area contributed by atoms with E-state index in [0.29, 0.717) is 5.82 Å². The molecule has 0 fully saturated rings. The van der Waals surface area contributed by atoms with Crippen molar-refractivity contribution in [1.82, 2.24) is 15.0 Å². The van der Waals surface area contributed by atoms with Gasteiger partial charge in [-0.15, -0.1) is 0 Å². The molecule has 0 bridgehead atoms. The van der Waals surface area contributed by atoms with Gasteiger partial charge in [-0.25, -0.2) is 9.97 Å². The zero-order chi connectivity index (χ0) is 35.5. The highest BCUT2D eigenvalue weighted by Gasteiger charge is 2.39. The Bertz CT molecular complexity index is 2860. The Hall–Kier alpha value is -6.71. The minimum atomic E-state index is -0.186. The van der Waals surface area contributed by atoms with Crippen molar-refractivity contribution in [2.45, 2.75) is 19.3 Å². The number of pyridine rings is 1. The largest absolute Gasteiger partial charge is 0.264 e. The first-order valence-electron chi connectivity index (χ1n) is 18.2. The summed E-state index contributed by atoms with van der Waals surface area (Å²) < 4.78 is 0. The van der Waals surface area contributed by atoms with E-state index >= 15 is 0 Å². The number of aromatic nitrogens is 3. The van der Waals surface area contributed by atoms with Crippen LogP contribution in [0.3, 0.4) is 0 Å². The summed E-state index contributed by atoms with van der Waals surface area (Å²) in [7, 11) is 0. The van der Waals surface area contributed by atoms with E-state index in [2.05, 4.69) is 170 Å². The second kappa shape index (κ2) is 12.2. The molecule has 0 amide bonds. The maximum absolute atomic E-state index is 5.30. The maximum Gasteiger partial charge on any atom is 0.161 e. The molecular formula is C50H35N3. The van der Waals surface area contributed by atoms with Crippen LogP contribution in [-0.2, 0) is 5.41 Å². The lowest BCUT2D eigenvalue weighted by Crippen LogP contribution is -2.17. The van der Waals surface area contributed by atoms with Gasteiger partial charge in [0.25, 0.3) is 0 Å². The Morgan fingerprint density at radius 2 is 0.981 bits per heavy atom. The van der Waals surface area contributed by atoms with Crippen LogP contribution in [0.1, 0.15) is 25.0 Å². The minimum Gasteiger partial charge on any atom is -0.264 e. The van der Waals surface area contributed by atoms with Crippen LogP contribution in [0.5, 0.6) is 0 Å². The molecule has 0 saturated carbocycles. The van der Waals surface area contributed by atoms with Gasteiger partial charge < -0.3 is 0 Å². The quantitative estimate of drug-likeness (QED) is 0.182. The molecule has 10 rings (SSSR count). The zero-order valence-electron chi connectivity index (χ0n) is 29.6. The van der Waals surface area contributed by atoms with Crippen LogP contribution in [-0.4, -0.2) is 15.0 Å². The number of fused-ring (bicyclic) bond motifs is 6. The standard InChI is InChI=1S/C50H35N3/c1-50(2)47-37-19-7-6-13-32(37)24-25-43(47)42-23-11-22-41(48(42)50)40-26-27-44(39-21-9-8-20-38(39)40)49-52-45(33-14-4-3-5-15-33)30-46(53-49)35-17-10-16-34(29-35)36-18-12-28-51-31-36/h3-31H,1-2H3. The first kappa shape index (κ1) is 31.1. The summed E-state index contributed by atoms with van der Waals surface area (Å²) in [6, 6.07) is 58.5. The number of benzene rings is 7. The third-order valence-electron chi connectivity index (χ3n) is 10.9. The van der Waals surface area contributed by atoms with Gasteiger partial charge in [-0.2, -0.15) is 0 Å². The van der Waals surface area contributed by atoms with Crippen LogP contribution >= 0.6 is 0 Å². The summed E-state index contributed by atoms with van der Waals surface area (Å²) in [6.07, 6.45) is 3.70. The molecule has 53 heavy (non-hydrogen) atoms. The number of rotatable bonds is 5. The van der Waals surface area contributed by atoms with Crippen molar-refractivity contribution in [2.24, 2.45) is 0 Å². The van der Waals surface area contributed by atoms with Crippen molar-refractivity contribution < 1.29 is 0 Å². The first-order chi connectivity index (χ1) is 26.0. The van der Waals surface area contributed by atoms with Gasteiger partial charge in [-0.3, -0.25) is 4.98 Å². The second-order valence-corrected chi connectivity index (χ2v) is 14.4. The number of hydrogen-bond acceptors (Lipinski definition) is 3. The molecule has 0 atom stereocenters. The first-order valence-corrected chi connectivity index (χ1v) is 18.2. The predicted octanol–water partition coefficient (Wildman–Crippen LogP) is 12.8. The summed E-state index contributed by atoms with van der Waals surface area (Å²) in [5, 5.41) is 4.92. The summed E-state index contributed by atoms with van der Waals surface area (Å²) in [5.41, 5.74) is 14.8. The minimum absolute atomic E-state index is 0.186.